The van der Waals surface area contributed by atoms with Crippen LogP contribution in [0.2, 0.25) is 5.02 Å². The third-order valence-corrected chi connectivity index (χ3v) is 5.54. The van der Waals surface area contributed by atoms with E-state index in [-0.39, 0.29) is 18.0 Å². The number of rotatable bonds is 5. The molecular formula is C21H20ClN3O4. The van der Waals surface area contributed by atoms with Crippen molar-refractivity contribution in [1.82, 2.24) is 9.88 Å². The number of aromatic amines is 1. The first-order chi connectivity index (χ1) is 14.0. The number of nitrogens with zero attached hydrogens (tertiary/aromatic N) is 2. The third-order valence-electron chi connectivity index (χ3n) is 5.30. The van der Waals surface area contributed by atoms with Crippen molar-refractivity contribution in [2.24, 2.45) is 0 Å². The van der Waals surface area contributed by atoms with Crippen LogP contribution in [0.5, 0.6) is 0 Å². The van der Waals surface area contributed by atoms with Crippen LogP contribution in [0.3, 0.4) is 0 Å². The molecule has 1 saturated heterocycles. The van der Waals surface area contributed by atoms with Gasteiger partial charge >= 0.3 is 0 Å². The summed E-state index contributed by atoms with van der Waals surface area (Å²) >= 11 is 6.20. The maximum absolute atomic E-state index is 13.0. The van der Waals surface area contributed by atoms with Gasteiger partial charge in [-0.3, -0.25) is 14.9 Å². The lowest BCUT2D eigenvalue weighted by molar-refractivity contribution is -0.385. The molecule has 1 amide bonds. The van der Waals surface area contributed by atoms with Gasteiger partial charge in [0.15, 0.2) is 0 Å². The van der Waals surface area contributed by atoms with E-state index in [2.05, 4.69) is 4.98 Å². The molecule has 1 fully saturated rings. The third kappa shape index (κ3) is 3.97. The summed E-state index contributed by atoms with van der Waals surface area (Å²) in [6.07, 6.45) is 1.94. The number of para-hydroxylation sites is 1. The van der Waals surface area contributed by atoms with Crippen LogP contribution < -0.4 is 0 Å². The van der Waals surface area contributed by atoms with Crippen molar-refractivity contribution < 1.29 is 14.5 Å². The largest absolute Gasteiger partial charge is 0.378 e. The molecule has 0 spiro atoms. The number of benzene rings is 2. The van der Waals surface area contributed by atoms with Crippen LogP contribution in [-0.2, 0) is 9.53 Å². The summed E-state index contributed by atoms with van der Waals surface area (Å²) < 4.78 is 5.33. The summed E-state index contributed by atoms with van der Waals surface area (Å²) in [7, 11) is 0. The van der Waals surface area contributed by atoms with E-state index in [1.165, 1.54) is 6.07 Å². The molecule has 1 N–H and O–H groups in total. The second kappa shape index (κ2) is 8.23. The van der Waals surface area contributed by atoms with Crippen molar-refractivity contribution in [2.75, 3.05) is 26.3 Å². The fourth-order valence-corrected chi connectivity index (χ4v) is 4.03. The average molecular weight is 414 g/mol. The zero-order valence-electron chi connectivity index (χ0n) is 15.6. The second-order valence-corrected chi connectivity index (χ2v) is 7.44. The molecular weight excluding hydrogens is 394 g/mol. The van der Waals surface area contributed by atoms with Gasteiger partial charge in [-0.15, -0.1) is 0 Å². The Morgan fingerprint density at radius 2 is 1.97 bits per heavy atom. The number of morpholine rings is 1. The second-order valence-electron chi connectivity index (χ2n) is 7.00. The number of hydrogen-bond donors (Lipinski definition) is 1. The summed E-state index contributed by atoms with van der Waals surface area (Å²) in [6.45, 7) is 2.07. The van der Waals surface area contributed by atoms with Crippen molar-refractivity contribution >= 4 is 34.1 Å². The first kappa shape index (κ1) is 19.4. The molecule has 8 heteroatoms. The molecule has 1 unspecified atom stereocenters. The molecule has 0 bridgehead atoms. The number of carbonyl (C=O) groups excluding carboxylic acids is 1. The number of fused-ring (bicyclic) bond motifs is 1. The minimum absolute atomic E-state index is 0.00338. The number of nitro benzene ring substituents is 1. The Morgan fingerprint density at radius 3 is 2.72 bits per heavy atom. The van der Waals surface area contributed by atoms with Gasteiger partial charge in [-0.05, 0) is 23.8 Å². The van der Waals surface area contributed by atoms with Crippen LogP contribution in [0.4, 0.5) is 5.69 Å². The minimum Gasteiger partial charge on any atom is -0.378 e. The fourth-order valence-electron chi connectivity index (χ4n) is 3.86. The first-order valence-electron chi connectivity index (χ1n) is 9.40. The number of hydrogen-bond acceptors (Lipinski definition) is 4. The normalized spacial score (nSPS) is 15.4. The van der Waals surface area contributed by atoms with Crippen molar-refractivity contribution in [3.05, 3.63) is 74.9 Å². The van der Waals surface area contributed by atoms with Gasteiger partial charge < -0.3 is 14.6 Å². The molecule has 2 heterocycles. The summed E-state index contributed by atoms with van der Waals surface area (Å²) in [5.41, 5.74) is 2.20. The molecule has 29 heavy (non-hydrogen) atoms. The molecule has 1 atom stereocenters. The van der Waals surface area contributed by atoms with Crippen molar-refractivity contribution in [3.8, 4) is 0 Å². The summed E-state index contributed by atoms with van der Waals surface area (Å²) in [5, 5.41) is 13.1. The van der Waals surface area contributed by atoms with Gasteiger partial charge in [-0.25, -0.2) is 0 Å². The van der Waals surface area contributed by atoms with E-state index in [4.69, 9.17) is 16.3 Å². The summed E-state index contributed by atoms with van der Waals surface area (Å²) in [6, 6.07) is 12.1. The van der Waals surface area contributed by atoms with Crippen LogP contribution >= 0.6 is 11.6 Å². The molecule has 0 saturated carbocycles. The summed E-state index contributed by atoms with van der Waals surface area (Å²) in [5.74, 6) is -0.521. The summed E-state index contributed by atoms with van der Waals surface area (Å²) in [4.78, 5) is 29.2. The van der Waals surface area contributed by atoms with E-state index in [1.807, 2.05) is 18.3 Å². The molecule has 1 aliphatic heterocycles. The monoisotopic (exact) mass is 413 g/mol. The molecule has 3 aromatic rings. The van der Waals surface area contributed by atoms with Gasteiger partial charge in [0.2, 0.25) is 5.91 Å². The number of H-pyrrole nitrogens is 1. The lowest BCUT2D eigenvalue weighted by atomic mass is 9.86. The zero-order valence-corrected chi connectivity index (χ0v) is 16.4. The SMILES string of the molecule is O=C(CC(c1ccccc1[N+](=O)[O-])c1c[nH]c2ccc(Cl)cc12)N1CCOCC1. The quantitative estimate of drug-likeness (QED) is 0.503. The zero-order chi connectivity index (χ0) is 20.4. The number of amides is 1. The highest BCUT2D eigenvalue weighted by atomic mass is 35.5. The van der Waals surface area contributed by atoms with E-state index in [0.717, 1.165) is 16.5 Å². The molecule has 0 radical (unpaired) electrons. The smallest absolute Gasteiger partial charge is 0.273 e. The van der Waals surface area contributed by atoms with Gasteiger partial charge in [0.1, 0.15) is 0 Å². The Hall–Kier alpha value is -2.90. The molecule has 1 aromatic heterocycles. The van der Waals surface area contributed by atoms with Crippen LogP contribution in [0, 0.1) is 10.1 Å². The standard InChI is InChI=1S/C21H20ClN3O4/c22-14-5-6-19-17(11-14)18(13-23-19)16(12-21(26)24-7-9-29-10-8-24)15-3-1-2-4-20(15)25(27)28/h1-6,11,13,16,23H,7-10,12H2. The molecule has 2 aromatic carbocycles. The highest BCUT2D eigenvalue weighted by Crippen LogP contribution is 2.38. The maximum atomic E-state index is 13.0. The fraction of sp³-hybridized carbons (Fsp3) is 0.286. The predicted molar refractivity (Wildman–Crippen MR) is 110 cm³/mol. The lowest BCUT2D eigenvalue weighted by Gasteiger charge is -2.28. The van der Waals surface area contributed by atoms with E-state index in [0.29, 0.717) is 36.9 Å². The van der Waals surface area contributed by atoms with E-state index in [9.17, 15) is 14.9 Å². The minimum atomic E-state index is -0.473. The average Bonchev–Trinajstić information content (AvgIpc) is 3.15. The molecule has 7 nitrogen and oxygen atoms in total. The predicted octanol–water partition coefficient (Wildman–Crippen LogP) is 4.11. The van der Waals surface area contributed by atoms with Gasteiger partial charge in [-0.1, -0.05) is 29.8 Å². The Labute approximate surface area is 172 Å². The Balaban J connectivity index is 1.80. The van der Waals surface area contributed by atoms with Gasteiger partial charge in [-0.2, -0.15) is 0 Å². The number of nitrogens with one attached hydrogen (secondary N) is 1. The van der Waals surface area contributed by atoms with Crippen LogP contribution in [-0.4, -0.2) is 47.0 Å². The highest BCUT2D eigenvalue weighted by Gasteiger charge is 2.29. The van der Waals surface area contributed by atoms with E-state index >= 15 is 0 Å². The molecule has 1 aliphatic rings. The Bertz CT molecular complexity index is 1060. The number of halogens is 1. The lowest BCUT2D eigenvalue weighted by Crippen LogP contribution is -2.41. The number of nitro groups is 1. The van der Waals surface area contributed by atoms with Crippen LogP contribution in [0.1, 0.15) is 23.5 Å². The number of aromatic nitrogens is 1. The van der Waals surface area contributed by atoms with Gasteiger partial charge in [0, 0.05) is 59.2 Å². The molecule has 150 valence electrons. The van der Waals surface area contributed by atoms with Crippen molar-refractivity contribution in [1.29, 1.82) is 0 Å². The van der Waals surface area contributed by atoms with Gasteiger partial charge in [0.25, 0.3) is 5.69 Å². The number of carbonyl (C=O) groups is 1. The van der Waals surface area contributed by atoms with Crippen molar-refractivity contribution in [2.45, 2.75) is 12.3 Å². The molecule has 4 rings (SSSR count). The maximum Gasteiger partial charge on any atom is 0.273 e. The van der Waals surface area contributed by atoms with Crippen LogP contribution in [0.15, 0.2) is 48.7 Å². The topological polar surface area (TPSA) is 88.5 Å². The van der Waals surface area contributed by atoms with E-state index in [1.54, 1.807) is 29.2 Å². The number of ether oxygens (including phenoxy) is 1. The van der Waals surface area contributed by atoms with Gasteiger partial charge in [0.05, 0.1) is 18.1 Å². The first-order valence-corrected chi connectivity index (χ1v) is 9.78. The Kier molecular flexibility index (Phi) is 5.51. The highest BCUT2D eigenvalue weighted by molar-refractivity contribution is 6.31. The van der Waals surface area contributed by atoms with E-state index < -0.39 is 10.8 Å². The molecule has 0 aliphatic carbocycles. The Morgan fingerprint density at radius 1 is 1.21 bits per heavy atom. The van der Waals surface area contributed by atoms with Crippen LogP contribution in [0.25, 0.3) is 10.9 Å². The van der Waals surface area contributed by atoms with Crippen molar-refractivity contribution in [3.63, 3.8) is 0 Å².